The van der Waals surface area contributed by atoms with Gasteiger partial charge in [0.05, 0.1) is 6.54 Å². The van der Waals surface area contributed by atoms with E-state index in [2.05, 4.69) is 15.1 Å². The highest BCUT2D eigenvalue weighted by Crippen LogP contribution is 2.18. The number of thioether (sulfide) groups is 1. The van der Waals surface area contributed by atoms with E-state index in [0.717, 1.165) is 18.1 Å². The van der Waals surface area contributed by atoms with Crippen LogP contribution in [0.1, 0.15) is 11.4 Å². The summed E-state index contributed by atoms with van der Waals surface area (Å²) in [7, 11) is 0. The van der Waals surface area contributed by atoms with E-state index in [1.54, 1.807) is 0 Å². The Bertz CT molecular complexity index is 284. The first kappa shape index (κ1) is 10.7. The molecule has 1 saturated heterocycles. The van der Waals surface area contributed by atoms with E-state index in [4.69, 9.17) is 11.6 Å². The number of hydrogen-bond acceptors (Lipinski definition) is 5. The minimum Gasteiger partial charge on any atom is -0.296 e. The van der Waals surface area contributed by atoms with Crippen LogP contribution >= 0.6 is 34.7 Å². The van der Waals surface area contributed by atoms with Crippen molar-refractivity contribution in [2.24, 2.45) is 0 Å². The summed E-state index contributed by atoms with van der Waals surface area (Å²) in [6, 6.07) is 0. The van der Waals surface area contributed by atoms with Gasteiger partial charge in [0.2, 0.25) is 4.47 Å². The molecule has 14 heavy (non-hydrogen) atoms. The number of rotatable bonds is 2. The Morgan fingerprint density at radius 1 is 1.29 bits per heavy atom. The Balaban J connectivity index is 1.89. The fourth-order valence-corrected chi connectivity index (χ4v) is 3.28. The first-order chi connectivity index (χ1) is 6.84. The fraction of sp³-hybridized carbons (Fsp3) is 0.750. The van der Waals surface area contributed by atoms with E-state index >= 15 is 0 Å². The molecule has 1 aliphatic rings. The molecule has 6 heteroatoms. The van der Waals surface area contributed by atoms with Crippen LogP contribution < -0.4 is 0 Å². The van der Waals surface area contributed by atoms with Gasteiger partial charge in [-0.15, -0.1) is 10.2 Å². The molecule has 0 bridgehead atoms. The molecule has 1 aromatic heterocycles. The summed E-state index contributed by atoms with van der Waals surface area (Å²) in [4.78, 5) is 2.43. The molecule has 3 nitrogen and oxygen atoms in total. The van der Waals surface area contributed by atoms with Crippen molar-refractivity contribution in [1.29, 1.82) is 0 Å². The SMILES string of the molecule is Clc1nnc(CN2CCCSCC2)s1. The van der Waals surface area contributed by atoms with E-state index in [9.17, 15) is 0 Å². The van der Waals surface area contributed by atoms with Gasteiger partial charge in [0, 0.05) is 12.3 Å². The molecule has 0 radical (unpaired) electrons. The highest BCUT2D eigenvalue weighted by molar-refractivity contribution is 7.99. The van der Waals surface area contributed by atoms with Crippen LogP contribution in [0.4, 0.5) is 0 Å². The average molecular weight is 250 g/mol. The lowest BCUT2D eigenvalue weighted by Crippen LogP contribution is -2.25. The quantitative estimate of drug-likeness (QED) is 0.803. The van der Waals surface area contributed by atoms with Gasteiger partial charge >= 0.3 is 0 Å². The lowest BCUT2D eigenvalue weighted by molar-refractivity contribution is 0.286. The van der Waals surface area contributed by atoms with Crippen LogP contribution in [-0.2, 0) is 6.54 Å². The third kappa shape index (κ3) is 3.08. The molecular formula is C8H12ClN3S2. The topological polar surface area (TPSA) is 29.0 Å². The van der Waals surface area contributed by atoms with E-state index < -0.39 is 0 Å². The molecule has 1 aliphatic heterocycles. The van der Waals surface area contributed by atoms with Crippen LogP contribution in [0, 0.1) is 0 Å². The van der Waals surface area contributed by atoms with Crippen LogP contribution in [-0.4, -0.2) is 39.7 Å². The predicted molar refractivity (Wildman–Crippen MR) is 62.1 cm³/mol. The predicted octanol–water partition coefficient (Wildman–Crippen LogP) is 2.13. The second-order valence-electron chi connectivity index (χ2n) is 3.19. The summed E-state index contributed by atoms with van der Waals surface area (Å²) in [5.74, 6) is 2.51. The van der Waals surface area contributed by atoms with Crippen molar-refractivity contribution in [3.63, 3.8) is 0 Å². The smallest absolute Gasteiger partial charge is 0.207 e. The molecule has 0 N–H and O–H groups in total. The van der Waals surface area contributed by atoms with Gasteiger partial charge in [0.15, 0.2) is 0 Å². The summed E-state index contributed by atoms with van der Waals surface area (Å²) in [6.07, 6.45) is 1.28. The van der Waals surface area contributed by atoms with E-state index in [-0.39, 0.29) is 0 Å². The van der Waals surface area contributed by atoms with Gasteiger partial charge in [0.1, 0.15) is 5.01 Å². The minimum atomic E-state index is 0.546. The van der Waals surface area contributed by atoms with Crippen LogP contribution in [0.2, 0.25) is 4.47 Å². The largest absolute Gasteiger partial charge is 0.296 e. The molecule has 1 fully saturated rings. The summed E-state index contributed by atoms with van der Waals surface area (Å²) >= 11 is 9.25. The molecule has 0 aliphatic carbocycles. The van der Waals surface area contributed by atoms with Crippen LogP contribution in [0.3, 0.4) is 0 Å². The maximum Gasteiger partial charge on any atom is 0.207 e. The zero-order valence-electron chi connectivity index (χ0n) is 7.78. The van der Waals surface area contributed by atoms with Crippen LogP contribution in [0.15, 0.2) is 0 Å². The summed E-state index contributed by atoms with van der Waals surface area (Å²) in [5.41, 5.74) is 0. The van der Waals surface area contributed by atoms with Gasteiger partial charge in [-0.25, -0.2) is 0 Å². The van der Waals surface area contributed by atoms with Gasteiger partial charge in [-0.2, -0.15) is 11.8 Å². The van der Waals surface area contributed by atoms with E-state index in [0.29, 0.717) is 4.47 Å². The van der Waals surface area contributed by atoms with Crippen LogP contribution in [0.5, 0.6) is 0 Å². The summed E-state index contributed by atoms with van der Waals surface area (Å²) in [6.45, 7) is 3.23. The lowest BCUT2D eigenvalue weighted by Gasteiger charge is -2.16. The second kappa shape index (κ2) is 5.30. The second-order valence-corrected chi connectivity index (χ2v) is 6.06. The Morgan fingerprint density at radius 2 is 2.21 bits per heavy atom. The van der Waals surface area contributed by atoms with Gasteiger partial charge in [0.25, 0.3) is 0 Å². The third-order valence-electron chi connectivity index (χ3n) is 2.12. The maximum atomic E-state index is 5.73. The summed E-state index contributed by atoms with van der Waals surface area (Å²) < 4.78 is 0.546. The third-order valence-corrected chi connectivity index (χ3v) is 4.17. The molecule has 2 rings (SSSR count). The van der Waals surface area contributed by atoms with Crippen molar-refractivity contribution in [2.75, 3.05) is 24.6 Å². The summed E-state index contributed by atoms with van der Waals surface area (Å²) in [5, 5.41) is 8.87. The Labute approximate surface area is 96.8 Å². The lowest BCUT2D eigenvalue weighted by atomic mass is 10.4. The number of nitrogens with zero attached hydrogens (tertiary/aromatic N) is 3. The first-order valence-corrected chi connectivity index (χ1v) is 6.97. The van der Waals surface area contributed by atoms with Crippen molar-refractivity contribution in [3.05, 3.63) is 9.47 Å². The molecule has 0 spiro atoms. The fourth-order valence-electron chi connectivity index (χ4n) is 1.44. The average Bonchev–Trinajstić information content (AvgIpc) is 2.43. The van der Waals surface area contributed by atoms with Crippen molar-refractivity contribution in [3.8, 4) is 0 Å². The van der Waals surface area contributed by atoms with Gasteiger partial charge in [-0.3, -0.25) is 4.90 Å². The molecular weight excluding hydrogens is 238 g/mol. The molecule has 2 heterocycles. The molecule has 0 aromatic carbocycles. The monoisotopic (exact) mass is 249 g/mol. The maximum absolute atomic E-state index is 5.73. The standard InChI is InChI=1S/C8H12ClN3S2/c9-8-11-10-7(14-8)6-12-2-1-4-13-5-3-12/h1-6H2. The Hall–Kier alpha value is 0.160. The van der Waals surface area contributed by atoms with Gasteiger partial charge in [-0.05, 0) is 30.3 Å². The molecule has 0 unspecified atom stereocenters. The molecule has 1 aromatic rings. The molecule has 0 saturated carbocycles. The minimum absolute atomic E-state index is 0.546. The Kier molecular flexibility index (Phi) is 4.04. The van der Waals surface area contributed by atoms with E-state index in [1.807, 2.05) is 11.8 Å². The van der Waals surface area contributed by atoms with Crippen molar-refractivity contribution < 1.29 is 0 Å². The molecule has 0 atom stereocenters. The van der Waals surface area contributed by atoms with Gasteiger partial charge < -0.3 is 0 Å². The number of halogens is 1. The number of aromatic nitrogens is 2. The zero-order valence-corrected chi connectivity index (χ0v) is 10.2. The van der Waals surface area contributed by atoms with Crippen molar-refractivity contribution in [1.82, 2.24) is 15.1 Å². The number of hydrogen-bond donors (Lipinski definition) is 0. The normalized spacial score (nSPS) is 19.5. The highest BCUT2D eigenvalue weighted by Gasteiger charge is 2.11. The highest BCUT2D eigenvalue weighted by atomic mass is 35.5. The molecule has 0 amide bonds. The zero-order chi connectivity index (χ0) is 9.80. The van der Waals surface area contributed by atoms with Gasteiger partial charge in [-0.1, -0.05) is 11.3 Å². The van der Waals surface area contributed by atoms with Crippen molar-refractivity contribution >= 4 is 34.7 Å². The molecule has 78 valence electrons. The van der Waals surface area contributed by atoms with E-state index in [1.165, 1.54) is 35.8 Å². The van der Waals surface area contributed by atoms with Crippen molar-refractivity contribution in [2.45, 2.75) is 13.0 Å². The first-order valence-electron chi connectivity index (χ1n) is 4.62. The van der Waals surface area contributed by atoms with Crippen LogP contribution in [0.25, 0.3) is 0 Å². The Morgan fingerprint density at radius 3 is 3.00 bits per heavy atom.